The van der Waals surface area contributed by atoms with E-state index < -0.39 is 0 Å². The summed E-state index contributed by atoms with van der Waals surface area (Å²) in [4.78, 5) is 2.32. The molecule has 1 fully saturated rings. The summed E-state index contributed by atoms with van der Waals surface area (Å²) in [6, 6.07) is 7.94. The van der Waals surface area contributed by atoms with Crippen LogP contribution in [0.4, 0.5) is 5.69 Å². The highest BCUT2D eigenvalue weighted by Gasteiger charge is 2.23. The van der Waals surface area contributed by atoms with Gasteiger partial charge >= 0.3 is 0 Å². The van der Waals surface area contributed by atoms with E-state index in [9.17, 15) is 5.26 Å². The van der Waals surface area contributed by atoms with Crippen molar-refractivity contribution in [3.8, 4) is 11.8 Å². The minimum absolute atomic E-state index is 0.673. The van der Waals surface area contributed by atoms with Gasteiger partial charge in [-0.3, -0.25) is 0 Å². The second kappa shape index (κ2) is 5.30. The minimum Gasteiger partial charge on any atom is -0.497 e. The lowest BCUT2D eigenvalue weighted by Gasteiger charge is -2.37. The number of hydrogen-bond donors (Lipinski definition) is 0. The Kier molecular flexibility index (Phi) is 3.76. The van der Waals surface area contributed by atoms with E-state index in [2.05, 4.69) is 24.8 Å². The van der Waals surface area contributed by atoms with Crippen molar-refractivity contribution in [3.05, 3.63) is 23.8 Å². The highest BCUT2D eigenvalue weighted by atomic mass is 16.5. The fraction of sp³-hybridized carbons (Fsp3) is 0.533. The first kappa shape index (κ1) is 12.8. The van der Waals surface area contributed by atoms with Crippen LogP contribution >= 0.6 is 0 Å². The van der Waals surface area contributed by atoms with Crippen molar-refractivity contribution >= 4 is 5.69 Å². The van der Waals surface area contributed by atoms with Crippen molar-refractivity contribution < 1.29 is 4.74 Å². The highest BCUT2D eigenvalue weighted by Crippen LogP contribution is 2.31. The molecule has 0 aromatic heterocycles. The van der Waals surface area contributed by atoms with Crippen LogP contribution < -0.4 is 9.64 Å². The van der Waals surface area contributed by atoms with Crippen molar-refractivity contribution in [2.45, 2.75) is 20.3 Å². The number of anilines is 1. The molecule has 1 aliphatic heterocycles. The Morgan fingerprint density at radius 1 is 1.28 bits per heavy atom. The van der Waals surface area contributed by atoms with Crippen molar-refractivity contribution in [1.82, 2.24) is 0 Å². The number of hydrogen-bond acceptors (Lipinski definition) is 3. The lowest BCUT2D eigenvalue weighted by atomic mass is 9.91. The smallest absolute Gasteiger partial charge is 0.121 e. The van der Waals surface area contributed by atoms with Gasteiger partial charge in [-0.25, -0.2) is 0 Å². The Morgan fingerprint density at radius 2 is 1.94 bits per heavy atom. The lowest BCUT2D eigenvalue weighted by molar-refractivity contribution is 0.356. The molecular weight excluding hydrogens is 224 g/mol. The largest absolute Gasteiger partial charge is 0.497 e. The Labute approximate surface area is 109 Å². The molecule has 1 aromatic carbocycles. The molecule has 0 spiro atoms. The summed E-state index contributed by atoms with van der Waals surface area (Å²) < 4.78 is 5.26. The van der Waals surface area contributed by atoms with Crippen molar-refractivity contribution in [2.75, 3.05) is 25.1 Å². The van der Waals surface area contributed by atoms with E-state index in [0.29, 0.717) is 11.8 Å². The summed E-state index contributed by atoms with van der Waals surface area (Å²) in [7, 11) is 1.66. The Bertz CT molecular complexity index is 454. The average Bonchev–Trinajstić information content (AvgIpc) is 2.36. The third kappa shape index (κ3) is 2.59. The standard InChI is InChI=1S/C15H20N2O/c1-11-6-12(2)10-17(9-11)15-7-14(18-3)5-4-13(15)8-16/h4-5,7,11-12H,6,9-10H2,1-3H3. The summed E-state index contributed by atoms with van der Waals surface area (Å²) in [5.74, 6) is 2.16. The van der Waals surface area contributed by atoms with Gasteiger partial charge in [-0.05, 0) is 30.4 Å². The molecule has 2 unspecified atom stereocenters. The zero-order valence-corrected chi connectivity index (χ0v) is 11.3. The maximum atomic E-state index is 9.23. The third-order valence-electron chi connectivity index (χ3n) is 3.53. The van der Waals surface area contributed by atoms with Gasteiger partial charge in [0.2, 0.25) is 0 Å². The molecule has 18 heavy (non-hydrogen) atoms. The molecule has 1 heterocycles. The van der Waals surface area contributed by atoms with Gasteiger partial charge in [-0.2, -0.15) is 5.26 Å². The predicted octanol–water partition coefficient (Wildman–Crippen LogP) is 3.05. The molecule has 0 aliphatic carbocycles. The molecule has 0 amide bonds. The average molecular weight is 244 g/mol. The number of benzene rings is 1. The van der Waals surface area contributed by atoms with Gasteiger partial charge in [0.05, 0.1) is 18.4 Å². The van der Waals surface area contributed by atoms with E-state index in [1.165, 1.54) is 6.42 Å². The van der Waals surface area contributed by atoms with Gasteiger partial charge in [0.25, 0.3) is 0 Å². The normalized spacial score (nSPS) is 23.6. The Morgan fingerprint density at radius 3 is 2.50 bits per heavy atom. The Balaban J connectivity index is 2.33. The number of rotatable bonds is 2. The first-order valence-corrected chi connectivity index (χ1v) is 6.47. The molecule has 2 rings (SSSR count). The predicted molar refractivity (Wildman–Crippen MR) is 72.9 cm³/mol. The topological polar surface area (TPSA) is 36.3 Å². The van der Waals surface area contributed by atoms with Gasteiger partial charge in [0.15, 0.2) is 0 Å². The van der Waals surface area contributed by atoms with E-state index >= 15 is 0 Å². The molecule has 1 aliphatic rings. The van der Waals surface area contributed by atoms with E-state index in [1.54, 1.807) is 7.11 Å². The van der Waals surface area contributed by atoms with Gasteiger partial charge in [-0.15, -0.1) is 0 Å². The van der Waals surface area contributed by atoms with Crippen molar-refractivity contribution in [3.63, 3.8) is 0 Å². The van der Waals surface area contributed by atoms with Crippen LogP contribution in [0.15, 0.2) is 18.2 Å². The van der Waals surface area contributed by atoms with Crippen LogP contribution in [-0.2, 0) is 0 Å². The van der Waals surface area contributed by atoms with Gasteiger partial charge in [0.1, 0.15) is 11.8 Å². The molecule has 0 bridgehead atoms. The van der Waals surface area contributed by atoms with Crippen molar-refractivity contribution in [2.24, 2.45) is 11.8 Å². The van der Waals surface area contributed by atoms with E-state index in [1.807, 2.05) is 18.2 Å². The third-order valence-corrected chi connectivity index (χ3v) is 3.53. The van der Waals surface area contributed by atoms with Gasteiger partial charge in [0, 0.05) is 19.2 Å². The van der Waals surface area contributed by atoms with Gasteiger partial charge < -0.3 is 9.64 Å². The lowest BCUT2D eigenvalue weighted by Crippen LogP contribution is -2.39. The van der Waals surface area contributed by atoms with E-state index in [-0.39, 0.29) is 0 Å². The molecule has 0 N–H and O–H groups in total. The molecule has 1 saturated heterocycles. The fourth-order valence-electron chi connectivity index (χ4n) is 2.85. The summed E-state index contributed by atoms with van der Waals surface area (Å²) >= 11 is 0. The van der Waals surface area contributed by atoms with E-state index in [0.717, 1.165) is 30.1 Å². The van der Waals surface area contributed by atoms with Gasteiger partial charge in [-0.1, -0.05) is 13.8 Å². The molecule has 0 saturated carbocycles. The van der Waals surface area contributed by atoms with Crippen LogP contribution in [-0.4, -0.2) is 20.2 Å². The second-order valence-corrected chi connectivity index (χ2v) is 5.35. The molecule has 1 aromatic rings. The number of piperidine rings is 1. The quantitative estimate of drug-likeness (QED) is 0.802. The Hall–Kier alpha value is -1.69. The highest BCUT2D eigenvalue weighted by molar-refractivity contribution is 5.62. The second-order valence-electron chi connectivity index (χ2n) is 5.35. The summed E-state index contributed by atoms with van der Waals surface area (Å²) in [5, 5.41) is 9.23. The first-order chi connectivity index (χ1) is 8.63. The molecule has 3 nitrogen and oxygen atoms in total. The number of nitriles is 1. The monoisotopic (exact) mass is 244 g/mol. The molecular formula is C15H20N2O. The van der Waals surface area contributed by atoms with Crippen LogP contribution in [0.5, 0.6) is 5.75 Å². The molecule has 96 valence electrons. The van der Waals surface area contributed by atoms with Crippen LogP contribution in [0, 0.1) is 23.2 Å². The van der Waals surface area contributed by atoms with Crippen LogP contribution in [0.2, 0.25) is 0 Å². The summed E-state index contributed by atoms with van der Waals surface area (Å²) in [5.41, 5.74) is 1.74. The van der Waals surface area contributed by atoms with Crippen molar-refractivity contribution in [1.29, 1.82) is 5.26 Å². The number of ether oxygens (including phenoxy) is 1. The SMILES string of the molecule is COc1ccc(C#N)c(N2CC(C)CC(C)C2)c1. The number of methoxy groups -OCH3 is 1. The first-order valence-electron chi connectivity index (χ1n) is 6.47. The summed E-state index contributed by atoms with van der Waals surface area (Å²) in [6.07, 6.45) is 1.27. The summed E-state index contributed by atoms with van der Waals surface area (Å²) in [6.45, 7) is 6.59. The number of nitrogens with zero attached hydrogens (tertiary/aromatic N) is 2. The van der Waals surface area contributed by atoms with Crippen LogP contribution in [0.3, 0.4) is 0 Å². The molecule has 3 heteroatoms. The molecule has 0 radical (unpaired) electrons. The maximum Gasteiger partial charge on any atom is 0.121 e. The zero-order chi connectivity index (χ0) is 13.1. The molecule has 2 atom stereocenters. The minimum atomic E-state index is 0.673. The van der Waals surface area contributed by atoms with Crippen LogP contribution in [0.1, 0.15) is 25.8 Å². The van der Waals surface area contributed by atoms with Crippen LogP contribution in [0.25, 0.3) is 0 Å². The van der Waals surface area contributed by atoms with E-state index in [4.69, 9.17) is 4.74 Å². The maximum absolute atomic E-state index is 9.23. The fourth-order valence-corrected chi connectivity index (χ4v) is 2.85. The zero-order valence-electron chi connectivity index (χ0n) is 11.3.